The van der Waals surface area contributed by atoms with Gasteiger partial charge in [0.15, 0.2) is 0 Å². The number of nitrogens with one attached hydrogen (secondary N) is 1. The van der Waals surface area contributed by atoms with Gasteiger partial charge < -0.3 is 5.32 Å². The molecule has 0 saturated carbocycles. The summed E-state index contributed by atoms with van der Waals surface area (Å²) < 4.78 is 26.6. The van der Waals surface area contributed by atoms with E-state index in [1.54, 1.807) is 0 Å². The number of halogens is 2. The third-order valence-electron chi connectivity index (χ3n) is 3.36. The molecule has 5 heteroatoms. The standard InChI is InChI=1S/C18H13F2NOS/c19-14-9-13(10-15(20)11-14)18(22)21-17(16-7-4-8-23-16)12-5-2-1-3-6-12/h1-11,17H,(H,21,22)/t17-/m1/s1. The fraction of sp³-hybridized carbons (Fsp3) is 0.0556. The first kappa shape index (κ1) is 15.4. The first-order valence-electron chi connectivity index (χ1n) is 6.99. The van der Waals surface area contributed by atoms with Crippen molar-refractivity contribution in [2.45, 2.75) is 6.04 Å². The van der Waals surface area contributed by atoms with Gasteiger partial charge in [0, 0.05) is 16.5 Å². The lowest BCUT2D eigenvalue weighted by atomic mass is 10.0. The van der Waals surface area contributed by atoms with Crippen molar-refractivity contribution in [2.75, 3.05) is 0 Å². The highest BCUT2D eigenvalue weighted by molar-refractivity contribution is 7.10. The summed E-state index contributed by atoms with van der Waals surface area (Å²) in [6, 6.07) is 15.7. The number of hydrogen-bond donors (Lipinski definition) is 1. The Morgan fingerprint density at radius 2 is 1.65 bits per heavy atom. The van der Waals surface area contributed by atoms with E-state index in [4.69, 9.17) is 0 Å². The van der Waals surface area contributed by atoms with E-state index in [1.165, 1.54) is 11.3 Å². The van der Waals surface area contributed by atoms with Crippen molar-refractivity contribution < 1.29 is 13.6 Å². The molecule has 0 bridgehead atoms. The maximum absolute atomic E-state index is 13.3. The first-order valence-corrected chi connectivity index (χ1v) is 7.87. The summed E-state index contributed by atoms with van der Waals surface area (Å²) >= 11 is 1.51. The molecule has 0 saturated heterocycles. The Morgan fingerprint density at radius 3 is 2.26 bits per heavy atom. The summed E-state index contributed by atoms with van der Waals surface area (Å²) in [5, 5.41) is 4.76. The van der Waals surface area contributed by atoms with Crippen LogP contribution in [-0.4, -0.2) is 5.91 Å². The van der Waals surface area contributed by atoms with Gasteiger partial charge in [-0.15, -0.1) is 11.3 Å². The summed E-state index contributed by atoms with van der Waals surface area (Å²) in [6.07, 6.45) is 0. The molecule has 1 amide bonds. The molecule has 116 valence electrons. The Hall–Kier alpha value is -2.53. The van der Waals surface area contributed by atoms with E-state index in [0.29, 0.717) is 0 Å². The minimum Gasteiger partial charge on any atom is -0.340 e. The van der Waals surface area contributed by atoms with Gasteiger partial charge in [-0.3, -0.25) is 4.79 Å². The van der Waals surface area contributed by atoms with Gasteiger partial charge in [0.25, 0.3) is 5.91 Å². The van der Waals surface area contributed by atoms with Crippen molar-refractivity contribution in [3.8, 4) is 0 Å². The lowest BCUT2D eigenvalue weighted by Gasteiger charge is -2.18. The van der Waals surface area contributed by atoms with Crippen LogP contribution in [0.2, 0.25) is 0 Å². The van der Waals surface area contributed by atoms with Gasteiger partial charge in [0.1, 0.15) is 11.6 Å². The van der Waals surface area contributed by atoms with E-state index in [-0.39, 0.29) is 11.6 Å². The Balaban J connectivity index is 1.91. The molecule has 0 radical (unpaired) electrons. The van der Waals surface area contributed by atoms with Crippen LogP contribution in [0.5, 0.6) is 0 Å². The van der Waals surface area contributed by atoms with Gasteiger partial charge >= 0.3 is 0 Å². The monoisotopic (exact) mass is 329 g/mol. The zero-order valence-corrected chi connectivity index (χ0v) is 12.8. The summed E-state index contributed by atoms with van der Waals surface area (Å²) in [6.45, 7) is 0. The Kier molecular flexibility index (Phi) is 4.48. The molecular weight excluding hydrogens is 316 g/mol. The smallest absolute Gasteiger partial charge is 0.252 e. The van der Waals surface area contributed by atoms with E-state index in [0.717, 1.165) is 28.6 Å². The van der Waals surface area contributed by atoms with E-state index < -0.39 is 17.5 Å². The molecule has 0 unspecified atom stereocenters. The molecule has 3 aromatic rings. The Labute approximate surface area is 136 Å². The average Bonchev–Trinajstić information content (AvgIpc) is 3.06. The maximum Gasteiger partial charge on any atom is 0.252 e. The number of benzene rings is 2. The van der Waals surface area contributed by atoms with Gasteiger partial charge in [0.2, 0.25) is 0 Å². The van der Waals surface area contributed by atoms with E-state index in [9.17, 15) is 13.6 Å². The number of thiophene rings is 1. The molecule has 1 heterocycles. The Morgan fingerprint density at radius 1 is 0.957 bits per heavy atom. The fourth-order valence-electron chi connectivity index (χ4n) is 2.32. The van der Waals surface area contributed by atoms with Crippen molar-refractivity contribution in [1.82, 2.24) is 5.32 Å². The van der Waals surface area contributed by atoms with Crippen LogP contribution in [0.15, 0.2) is 66.0 Å². The molecule has 0 fully saturated rings. The van der Waals surface area contributed by atoms with E-state index in [1.807, 2.05) is 47.8 Å². The first-order chi connectivity index (χ1) is 11.1. The molecule has 2 nitrogen and oxygen atoms in total. The second-order valence-electron chi connectivity index (χ2n) is 4.99. The van der Waals surface area contributed by atoms with Crippen LogP contribution in [-0.2, 0) is 0 Å². The largest absolute Gasteiger partial charge is 0.340 e. The van der Waals surface area contributed by atoms with Crippen molar-refractivity contribution in [3.63, 3.8) is 0 Å². The highest BCUT2D eigenvalue weighted by Crippen LogP contribution is 2.26. The molecular formula is C18H13F2NOS. The SMILES string of the molecule is O=C(N[C@H](c1ccccc1)c1cccs1)c1cc(F)cc(F)c1. The van der Waals surface area contributed by atoms with E-state index >= 15 is 0 Å². The molecule has 2 aromatic carbocycles. The molecule has 3 rings (SSSR count). The molecule has 0 spiro atoms. The van der Waals surface area contributed by atoms with Crippen molar-refractivity contribution in [2.24, 2.45) is 0 Å². The van der Waals surface area contributed by atoms with Crippen molar-refractivity contribution in [1.29, 1.82) is 0 Å². The number of carbonyl (C=O) groups excluding carboxylic acids is 1. The minimum atomic E-state index is -0.775. The van der Waals surface area contributed by atoms with Crippen LogP contribution in [0.4, 0.5) is 8.78 Å². The van der Waals surface area contributed by atoms with Gasteiger partial charge in [-0.05, 0) is 29.1 Å². The third-order valence-corrected chi connectivity index (χ3v) is 4.30. The average molecular weight is 329 g/mol. The summed E-state index contributed by atoms with van der Waals surface area (Å²) in [4.78, 5) is 13.3. The topological polar surface area (TPSA) is 29.1 Å². The molecule has 1 N–H and O–H groups in total. The summed E-state index contributed by atoms with van der Waals surface area (Å²) in [5.41, 5.74) is 0.861. The van der Waals surface area contributed by atoms with Crippen LogP contribution >= 0.6 is 11.3 Å². The van der Waals surface area contributed by atoms with Gasteiger partial charge in [-0.1, -0.05) is 36.4 Å². The van der Waals surface area contributed by atoms with Crippen LogP contribution < -0.4 is 5.32 Å². The summed E-state index contributed by atoms with van der Waals surface area (Å²) in [7, 11) is 0. The predicted octanol–water partition coefficient (Wildman–Crippen LogP) is 4.55. The highest BCUT2D eigenvalue weighted by Gasteiger charge is 2.19. The van der Waals surface area contributed by atoms with Crippen LogP contribution in [0.1, 0.15) is 26.8 Å². The predicted molar refractivity (Wildman–Crippen MR) is 86.4 cm³/mol. The highest BCUT2D eigenvalue weighted by atomic mass is 32.1. The van der Waals surface area contributed by atoms with Gasteiger partial charge in [-0.25, -0.2) is 8.78 Å². The zero-order chi connectivity index (χ0) is 16.2. The quantitative estimate of drug-likeness (QED) is 0.748. The Bertz CT molecular complexity index is 783. The second-order valence-corrected chi connectivity index (χ2v) is 5.97. The second kappa shape index (κ2) is 6.71. The lowest BCUT2D eigenvalue weighted by molar-refractivity contribution is 0.0942. The molecule has 1 aromatic heterocycles. The van der Waals surface area contributed by atoms with Crippen molar-refractivity contribution >= 4 is 17.2 Å². The molecule has 1 atom stereocenters. The molecule has 0 aliphatic carbocycles. The zero-order valence-electron chi connectivity index (χ0n) is 12.0. The fourth-order valence-corrected chi connectivity index (χ4v) is 3.12. The minimum absolute atomic E-state index is 0.0417. The summed E-state index contributed by atoms with van der Waals surface area (Å²) in [5.74, 6) is -2.07. The number of hydrogen-bond acceptors (Lipinski definition) is 2. The van der Waals surface area contributed by atoms with Gasteiger partial charge in [0.05, 0.1) is 6.04 Å². The number of carbonyl (C=O) groups is 1. The van der Waals surface area contributed by atoms with E-state index in [2.05, 4.69) is 5.32 Å². The van der Waals surface area contributed by atoms with Crippen LogP contribution in [0, 0.1) is 11.6 Å². The van der Waals surface area contributed by atoms with Gasteiger partial charge in [-0.2, -0.15) is 0 Å². The van der Waals surface area contributed by atoms with Crippen LogP contribution in [0.25, 0.3) is 0 Å². The van der Waals surface area contributed by atoms with Crippen molar-refractivity contribution in [3.05, 3.63) is 93.7 Å². The molecule has 0 aliphatic rings. The number of amides is 1. The lowest BCUT2D eigenvalue weighted by Crippen LogP contribution is -2.29. The molecule has 0 aliphatic heterocycles. The maximum atomic E-state index is 13.3. The van der Waals surface area contributed by atoms with Crippen LogP contribution in [0.3, 0.4) is 0 Å². The number of rotatable bonds is 4. The normalized spacial score (nSPS) is 11.9. The molecule has 23 heavy (non-hydrogen) atoms. The third kappa shape index (κ3) is 3.63.